The predicted octanol–water partition coefficient (Wildman–Crippen LogP) is 5.62. The normalized spacial score (nSPS) is 13.1. The van der Waals surface area contributed by atoms with Gasteiger partial charge < -0.3 is 26.0 Å². The molecule has 4 aromatic carbocycles. The number of carboxylic acid groups (broad SMARTS) is 2. The van der Waals surface area contributed by atoms with E-state index in [1.807, 2.05) is 30.3 Å². The summed E-state index contributed by atoms with van der Waals surface area (Å²) in [6, 6.07) is 26.4. The van der Waals surface area contributed by atoms with Crippen LogP contribution in [-0.2, 0) is 26.2 Å². The van der Waals surface area contributed by atoms with Crippen LogP contribution in [0.15, 0.2) is 78.9 Å². The summed E-state index contributed by atoms with van der Waals surface area (Å²) < 4.78 is 0. The monoisotopic (exact) mass is 624 g/mol. The first-order valence-electron chi connectivity index (χ1n) is 14.2. The fraction of sp³-hybridized carbons (Fsp3) is 0.200. The molecule has 9 nitrogen and oxygen atoms in total. The van der Waals surface area contributed by atoms with Crippen molar-refractivity contribution in [3.05, 3.63) is 118 Å². The number of carbonyl (C=O) groups excluding carboxylic acids is 2. The van der Waals surface area contributed by atoms with Crippen molar-refractivity contribution < 1.29 is 34.5 Å². The van der Waals surface area contributed by atoms with E-state index in [4.69, 9.17) is 11.6 Å². The number of anilines is 1. The van der Waals surface area contributed by atoms with Gasteiger partial charge >= 0.3 is 11.9 Å². The standard InChI is InChI=1S/C35H29ClN2O7/c36-29-8-4-2-6-26(29)33(44)38-30(19-21-9-12-23(39)13-10-21)34(45)37-22-11-14-25-24-5-1-3-7-27(24)35(28(25)20-22,17-15-31(40)41)18-16-32(42)43/h1,3-5,7-14,20,30,39H,15-19H2,(H,37,45)(H,38,44)(H,40,41)(H,42,43). The summed E-state index contributed by atoms with van der Waals surface area (Å²) in [5, 5.41) is 34.6. The van der Waals surface area contributed by atoms with Crippen LogP contribution < -0.4 is 10.6 Å². The minimum Gasteiger partial charge on any atom is -0.508 e. The Labute approximate surface area is 264 Å². The Morgan fingerprint density at radius 2 is 1.51 bits per heavy atom. The summed E-state index contributed by atoms with van der Waals surface area (Å²) in [5.74, 6) is -3.10. The number of carboxylic acids is 2. The number of carbonyl (C=O) groups is 4. The molecule has 0 heterocycles. The molecule has 1 atom stereocenters. The maximum absolute atomic E-state index is 13.8. The van der Waals surface area contributed by atoms with E-state index in [0.717, 1.165) is 22.3 Å². The molecule has 0 aliphatic heterocycles. The number of rotatable bonds is 12. The zero-order valence-corrected chi connectivity index (χ0v) is 24.7. The average molecular weight is 625 g/mol. The number of fused-ring (bicyclic) bond motifs is 3. The highest BCUT2D eigenvalue weighted by molar-refractivity contribution is 6.33. The highest BCUT2D eigenvalue weighted by Crippen LogP contribution is 2.54. The second kappa shape index (κ2) is 13.1. The van der Waals surface area contributed by atoms with Crippen LogP contribution in [0.1, 0.15) is 52.7 Å². The van der Waals surface area contributed by atoms with E-state index in [1.54, 1.807) is 24.3 Å². The highest BCUT2D eigenvalue weighted by Gasteiger charge is 2.43. The SMILES string of the molecule is O=C(O)CCC1(CCC(=O)O)c2ccccc2-c2ccc(NC(=O)C(Cc3ccc(O)cc3)NC(=O)c3c#cccc3Cl)cc21. The Balaban J connectivity index is 1.49. The maximum atomic E-state index is 13.8. The van der Waals surface area contributed by atoms with Gasteiger partial charge in [-0.1, -0.05) is 66.2 Å². The third kappa shape index (κ3) is 6.77. The number of aromatic hydroxyl groups is 1. The number of hydrogen-bond acceptors (Lipinski definition) is 5. The Morgan fingerprint density at radius 1 is 0.844 bits per heavy atom. The average Bonchev–Trinajstić information content (AvgIpc) is 3.29. The molecule has 0 spiro atoms. The van der Waals surface area contributed by atoms with Crippen LogP contribution in [0.4, 0.5) is 5.69 Å². The van der Waals surface area contributed by atoms with Crippen molar-refractivity contribution in [2.45, 2.75) is 43.6 Å². The van der Waals surface area contributed by atoms with Crippen LogP contribution in [0.5, 0.6) is 5.75 Å². The summed E-state index contributed by atoms with van der Waals surface area (Å²) in [7, 11) is 0. The van der Waals surface area contributed by atoms with Crippen LogP contribution in [0.2, 0.25) is 5.02 Å². The molecule has 228 valence electrons. The van der Waals surface area contributed by atoms with E-state index >= 15 is 0 Å². The van der Waals surface area contributed by atoms with Crippen molar-refractivity contribution in [1.29, 1.82) is 0 Å². The molecule has 2 amide bonds. The third-order valence-corrected chi connectivity index (χ3v) is 8.36. The lowest BCUT2D eigenvalue weighted by atomic mass is 9.71. The number of amides is 2. The van der Waals surface area contributed by atoms with Crippen molar-refractivity contribution in [1.82, 2.24) is 5.32 Å². The van der Waals surface area contributed by atoms with E-state index in [-0.39, 0.29) is 48.4 Å². The molecule has 45 heavy (non-hydrogen) atoms. The fourth-order valence-electron chi connectivity index (χ4n) is 5.91. The van der Waals surface area contributed by atoms with Gasteiger partial charge in [-0.05, 0) is 77.1 Å². The summed E-state index contributed by atoms with van der Waals surface area (Å²) in [6.07, 6.45) is 0.0653. The molecule has 5 N–H and O–H groups in total. The summed E-state index contributed by atoms with van der Waals surface area (Å²) in [5.41, 5.74) is 3.47. The Bertz CT molecular complexity index is 1750. The second-order valence-corrected chi connectivity index (χ2v) is 11.3. The number of aliphatic carboxylic acids is 2. The Kier molecular flexibility index (Phi) is 9.07. The van der Waals surface area contributed by atoms with Gasteiger partial charge in [-0.25, -0.2) is 0 Å². The molecule has 0 aromatic heterocycles. The van der Waals surface area contributed by atoms with E-state index in [0.29, 0.717) is 11.3 Å². The third-order valence-electron chi connectivity index (χ3n) is 8.04. The molecule has 0 saturated heterocycles. The number of halogens is 1. The predicted molar refractivity (Wildman–Crippen MR) is 167 cm³/mol. The van der Waals surface area contributed by atoms with Crippen molar-refractivity contribution in [3.63, 3.8) is 0 Å². The molecule has 0 saturated carbocycles. The van der Waals surface area contributed by atoms with Gasteiger partial charge in [0.2, 0.25) is 5.91 Å². The number of nitrogens with one attached hydrogen (secondary N) is 2. The Hall–Kier alpha value is -5.33. The van der Waals surface area contributed by atoms with E-state index in [9.17, 15) is 34.5 Å². The van der Waals surface area contributed by atoms with E-state index in [2.05, 4.69) is 22.8 Å². The highest BCUT2D eigenvalue weighted by atomic mass is 35.5. The molecule has 1 aliphatic rings. The van der Waals surface area contributed by atoms with Crippen LogP contribution in [0.25, 0.3) is 11.1 Å². The van der Waals surface area contributed by atoms with Gasteiger partial charge in [0.05, 0.1) is 5.02 Å². The first kappa shape index (κ1) is 31.1. The molecule has 1 aliphatic carbocycles. The quantitative estimate of drug-likeness (QED) is 0.137. The number of phenolic OH excluding ortho intramolecular Hbond substituents is 1. The largest absolute Gasteiger partial charge is 0.508 e. The van der Waals surface area contributed by atoms with Gasteiger partial charge in [0.1, 0.15) is 17.4 Å². The lowest BCUT2D eigenvalue weighted by Gasteiger charge is -2.32. The molecular formula is C35H29ClN2O7. The lowest BCUT2D eigenvalue weighted by molar-refractivity contribution is -0.137. The lowest BCUT2D eigenvalue weighted by Crippen LogP contribution is -2.45. The summed E-state index contributed by atoms with van der Waals surface area (Å²) in [4.78, 5) is 50.3. The molecule has 0 fully saturated rings. The molecule has 5 rings (SSSR count). The topological polar surface area (TPSA) is 153 Å². The van der Waals surface area contributed by atoms with Gasteiger partial charge in [-0.2, -0.15) is 0 Å². The van der Waals surface area contributed by atoms with Gasteiger partial charge in [-0.3, -0.25) is 19.2 Å². The number of phenols is 1. The molecular weight excluding hydrogens is 596 g/mol. The van der Waals surface area contributed by atoms with E-state index < -0.39 is 35.2 Å². The zero-order chi connectivity index (χ0) is 32.1. The molecule has 4 aromatic rings. The van der Waals surface area contributed by atoms with Crippen LogP contribution in [0, 0.1) is 12.1 Å². The Morgan fingerprint density at radius 3 is 2.18 bits per heavy atom. The molecule has 0 bridgehead atoms. The van der Waals surface area contributed by atoms with Gasteiger partial charge in [0, 0.05) is 30.4 Å². The summed E-state index contributed by atoms with van der Waals surface area (Å²) in [6.45, 7) is 0. The van der Waals surface area contributed by atoms with Crippen molar-refractivity contribution in [2.75, 3.05) is 5.32 Å². The van der Waals surface area contributed by atoms with Crippen molar-refractivity contribution >= 4 is 41.0 Å². The van der Waals surface area contributed by atoms with Crippen LogP contribution in [0.3, 0.4) is 0 Å². The van der Waals surface area contributed by atoms with Crippen molar-refractivity contribution in [2.24, 2.45) is 0 Å². The van der Waals surface area contributed by atoms with Gasteiger partial charge in [-0.15, -0.1) is 0 Å². The molecule has 1 unspecified atom stereocenters. The van der Waals surface area contributed by atoms with Crippen LogP contribution >= 0.6 is 11.6 Å². The maximum Gasteiger partial charge on any atom is 0.303 e. The van der Waals surface area contributed by atoms with Crippen LogP contribution in [-0.4, -0.2) is 45.1 Å². The van der Waals surface area contributed by atoms with Gasteiger partial charge in [0.15, 0.2) is 0 Å². The first-order valence-corrected chi connectivity index (χ1v) is 14.6. The number of hydrogen-bond donors (Lipinski definition) is 5. The zero-order valence-electron chi connectivity index (χ0n) is 24.0. The minimum atomic E-state index is -1.07. The van der Waals surface area contributed by atoms with E-state index in [1.165, 1.54) is 24.3 Å². The number of benzene rings is 3. The van der Waals surface area contributed by atoms with Gasteiger partial charge in [0.25, 0.3) is 5.91 Å². The molecule has 10 heteroatoms. The second-order valence-electron chi connectivity index (χ2n) is 10.9. The smallest absolute Gasteiger partial charge is 0.303 e. The molecule has 0 radical (unpaired) electrons. The minimum absolute atomic E-state index is 0.0274. The van der Waals surface area contributed by atoms with Crippen molar-refractivity contribution in [3.8, 4) is 16.9 Å². The summed E-state index contributed by atoms with van der Waals surface area (Å²) >= 11 is 6.19. The first-order chi connectivity index (χ1) is 21.6. The fourth-order valence-corrected chi connectivity index (χ4v) is 6.11.